The van der Waals surface area contributed by atoms with Gasteiger partial charge in [-0.3, -0.25) is 4.79 Å². The van der Waals surface area contributed by atoms with E-state index in [2.05, 4.69) is 13.5 Å². The summed E-state index contributed by atoms with van der Waals surface area (Å²) in [4.78, 5) is 14.3. The standard InChI is InChI=1S/C44H72O23/c1-4-44-11-5-10-43(3,42(59)67-40-35(58)32(55)28(51)23(15-47)63-40)25(44)9-6-18-12-17(2)20(8-7-19(18)44)60-41-37(66-39-34(57)31(54)27(50)22(14-46)62-39)36(29(52)24(16-48)64-41)65-38-33(56)30(53)26(49)21(13-45)61-38/h18-41,45-58H,2,4-16H2,1,3H3/t18?,19-,20?,21?,22?,23?,24?,25?,26?,27?,28?,29?,30?,31?,32?,33?,34?,35?,36?,37?,38?,39?,40?,41?,43-,44+/m1/s1. The average Bonchev–Trinajstić information content (AvgIpc) is 3.48. The molecular formula is C44H72O23. The minimum absolute atomic E-state index is 0.0315. The molecule has 7 fully saturated rings. The van der Waals surface area contributed by atoms with Crippen LogP contribution in [0.15, 0.2) is 12.2 Å². The largest absolute Gasteiger partial charge is 0.432 e. The fourth-order valence-corrected chi connectivity index (χ4v) is 12.4. The van der Waals surface area contributed by atoms with Crippen LogP contribution < -0.4 is 0 Å². The smallest absolute Gasteiger partial charge is 0.314 e. The highest BCUT2D eigenvalue weighted by Crippen LogP contribution is 2.65. The van der Waals surface area contributed by atoms with Crippen molar-refractivity contribution in [1.29, 1.82) is 0 Å². The van der Waals surface area contributed by atoms with Crippen LogP contribution in [-0.2, 0) is 42.7 Å². The van der Waals surface area contributed by atoms with Crippen LogP contribution in [0.1, 0.15) is 71.6 Å². The summed E-state index contributed by atoms with van der Waals surface area (Å²) in [5, 5.41) is 147. The van der Waals surface area contributed by atoms with Crippen molar-refractivity contribution in [3.63, 3.8) is 0 Å². The zero-order chi connectivity index (χ0) is 48.9. The number of ether oxygens (including phenoxy) is 8. The molecule has 0 amide bonds. The molecular weight excluding hydrogens is 896 g/mol. The lowest BCUT2D eigenvalue weighted by molar-refractivity contribution is -0.394. The minimum Gasteiger partial charge on any atom is -0.432 e. The van der Waals surface area contributed by atoms with Crippen molar-refractivity contribution in [3.8, 4) is 0 Å². The number of esters is 1. The van der Waals surface area contributed by atoms with Crippen LogP contribution >= 0.6 is 0 Å². The first-order valence-corrected chi connectivity index (χ1v) is 23.5. The highest BCUT2D eigenvalue weighted by Gasteiger charge is 2.62. The van der Waals surface area contributed by atoms with E-state index >= 15 is 0 Å². The second-order valence-electron chi connectivity index (χ2n) is 19.8. The maximum absolute atomic E-state index is 14.3. The molecule has 0 radical (unpaired) electrons. The van der Waals surface area contributed by atoms with E-state index in [-0.39, 0.29) is 23.2 Å². The van der Waals surface area contributed by atoms with E-state index in [4.69, 9.17) is 37.9 Å². The van der Waals surface area contributed by atoms with Crippen LogP contribution in [0.4, 0.5) is 0 Å². The Morgan fingerprint density at radius 1 is 0.582 bits per heavy atom. The van der Waals surface area contributed by atoms with Crippen LogP contribution in [0.5, 0.6) is 0 Å². The number of rotatable bonds is 13. The Balaban J connectivity index is 1.14. The van der Waals surface area contributed by atoms with E-state index in [1.54, 1.807) is 0 Å². The van der Waals surface area contributed by atoms with Gasteiger partial charge in [-0.15, -0.1) is 0 Å². The van der Waals surface area contributed by atoms with Gasteiger partial charge in [0.2, 0.25) is 6.29 Å². The van der Waals surface area contributed by atoms with E-state index in [1.807, 2.05) is 6.92 Å². The van der Waals surface area contributed by atoms with Crippen molar-refractivity contribution >= 4 is 5.97 Å². The van der Waals surface area contributed by atoms with Crippen LogP contribution in [0.25, 0.3) is 0 Å². The molecule has 4 aliphatic heterocycles. The lowest BCUT2D eigenvalue weighted by Gasteiger charge is -2.60. The Kier molecular flexibility index (Phi) is 17.2. The third-order valence-corrected chi connectivity index (χ3v) is 16.2. The van der Waals surface area contributed by atoms with E-state index in [0.717, 1.165) is 6.42 Å². The van der Waals surface area contributed by atoms with Crippen molar-refractivity contribution in [1.82, 2.24) is 0 Å². The number of carbonyl (C=O) groups is 1. The van der Waals surface area contributed by atoms with Gasteiger partial charge in [-0.1, -0.05) is 19.9 Å². The first-order valence-electron chi connectivity index (χ1n) is 23.5. The maximum Gasteiger partial charge on any atom is 0.314 e. The molecule has 0 aromatic carbocycles. The first-order chi connectivity index (χ1) is 31.8. The van der Waals surface area contributed by atoms with E-state index in [0.29, 0.717) is 56.9 Å². The molecule has 26 atom stereocenters. The monoisotopic (exact) mass is 968 g/mol. The Labute approximate surface area is 387 Å². The molecule has 0 bridgehead atoms. The van der Waals surface area contributed by atoms with Crippen molar-refractivity contribution in [2.24, 2.45) is 28.6 Å². The summed E-state index contributed by atoms with van der Waals surface area (Å²) < 4.78 is 47.6. The van der Waals surface area contributed by atoms with E-state index in [1.165, 1.54) is 0 Å². The summed E-state index contributed by atoms with van der Waals surface area (Å²) in [7, 11) is 0. The van der Waals surface area contributed by atoms with Gasteiger partial charge >= 0.3 is 5.97 Å². The Bertz CT molecular complexity index is 1660. The third kappa shape index (κ3) is 9.86. The van der Waals surface area contributed by atoms with Gasteiger partial charge in [0.1, 0.15) is 97.7 Å². The molecule has 4 saturated heterocycles. The predicted octanol–water partition coefficient (Wildman–Crippen LogP) is -4.87. The van der Waals surface area contributed by atoms with Crippen LogP contribution in [0.3, 0.4) is 0 Å². The normalized spacial score (nSPS) is 51.9. The molecule has 7 aliphatic rings. The number of hydrogen-bond donors (Lipinski definition) is 14. The van der Waals surface area contributed by atoms with Gasteiger partial charge in [-0.25, -0.2) is 0 Å². The molecule has 0 spiro atoms. The molecule has 7 rings (SSSR count). The van der Waals surface area contributed by atoms with Gasteiger partial charge in [0, 0.05) is 0 Å². The summed E-state index contributed by atoms with van der Waals surface area (Å²) >= 11 is 0. The molecule has 14 N–H and O–H groups in total. The van der Waals surface area contributed by atoms with Gasteiger partial charge < -0.3 is 109 Å². The summed E-state index contributed by atoms with van der Waals surface area (Å²) in [6.45, 7) is 5.24. The Morgan fingerprint density at radius 3 is 1.58 bits per heavy atom. The maximum atomic E-state index is 14.3. The number of aliphatic hydroxyl groups is 14. The predicted molar refractivity (Wildman–Crippen MR) is 221 cm³/mol. The molecule has 0 aromatic rings. The number of fused-ring (bicyclic) bond motifs is 3. The van der Waals surface area contributed by atoms with Crippen molar-refractivity contribution in [2.45, 2.75) is 201 Å². The molecule has 23 unspecified atom stereocenters. The molecule has 23 nitrogen and oxygen atoms in total. The summed E-state index contributed by atoms with van der Waals surface area (Å²) in [5.74, 6) is -0.695. The molecule has 23 heteroatoms. The highest BCUT2D eigenvalue weighted by atomic mass is 16.8. The van der Waals surface area contributed by atoms with Crippen LogP contribution in [0.2, 0.25) is 0 Å². The minimum atomic E-state index is -1.95. The van der Waals surface area contributed by atoms with Crippen LogP contribution in [-0.4, -0.2) is 233 Å². The summed E-state index contributed by atoms with van der Waals surface area (Å²) in [6, 6.07) is 0. The molecule has 386 valence electrons. The third-order valence-electron chi connectivity index (χ3n) is 16.2. The highest BCUT2D eigenvalue weighted by molar-refractivity contribution is 5.77. The Morgan fingerprint density at radius 2 is 1.06 bits per heavy atom. The van der Waals surface area contributed by atoms with Crippen molar-refractivity contribution in [2.75, 3.05) is 26.4 Å². The SMILES string of the molecule is C=C1CC2CCC3[C@@](CC)(CCC[C@@]3(C)C(=O)OC3OC(CO)C(O)C(O)C3O)[C@@H]2CCC1OC1OC(CO)C(O)C(OC2OC(CO)C(O)C(O)C2O)C1OC1OC(CO)C(O)C(O)C1O. The second-order valence-corrected chi connectivity index (χ2v) is 19.8. The van der Waals surface area contributed by atoms with Gasteiger partial charge in [0.05, 0.1) is 37.9 Å². The van der Waals surface area contributed by atoms with E-state index < -0.39 is 167 Å². The second kappa shape index (κ2) is 21.6. The molecule has 4 heterocycles. The zero-order valence-electron chi connectivity index (χ0n) is 37.7. The van der Waals surface area contributed by atoms with Gasteiger partial charge in [0.25, 0.3) is 0 Å². The number of hydrogen-bond acceptors (Lipinski definition) is 23. The molecule has 0 aromatic heterocycles. The van der Waals surface area contributed by atoms with Gasteiger partial charge in [-0.2, -0.15) is 0 Å². The molecule has 3 aliphatic carbocycles. The number of aliphatic hydroxyl groups excluding tert-OH is 14. The van der Waals surface area contributed by atoms with Crippen LogP contribution in [0, 0.1) is 28.6 Å². The quantitative estimate of drug-likeness (QED) is 0.0608. The van der Waals surface area contributed by atoms with Gasteiger partial charge in [0.15, 0.2) is 18.9 Å². The topological polar surface area (TPSA) is 374 Å². The molecule has 67 heavy (non-hydrogen) atoms. The van der Waals surface area contributed by atoms with E-state index in [9.17, 15) is 76.3 Å². The molecule has 3 saturated carbocycles. The average molecular weight is 969 g/mol. The lowest BCUT2D eigenvalue weighted by atomic mass is 9.44. The zero-order valence-corrected chi connectivity index (χ0v) is 37.7. The summed E-state index contributed by atoms with van der Waals surface area (Å²) in [5.41, 5.74) is -0.768. The van der Waals surface area contributed by atoms with Crippen molar-refractivity contribution < 1.29 is 114 Å². The fraction of sp³-hybridized carbons (Fsp3) is 0.932. The Hall–Kier alpha value is -1.63. The number of carbonyl (C=O) groups excluding carboxylic acids is 1. The summed E-state index contributed by atoms with van der Waals surface area (Å²) in [6.07, 6.45) is -29.5. The fourth-order valence-electron chi connectivity index (χ4n) is 12.4. The first kappa shape index (κ1) is 53.2. The lowest BCUT2D eigenvalue weighted by Crippen LogP contribution is -2.67. The van der Waals surface area contributed by atoms with Gasteiger partial charge in [-0.05, 0) is 87.0 Å². The van der Waals surface area contributed by atoms with Crippen molar-refractivity contribution in [3.05, 3.63) is 12.2 Å².